The van der Waals surface area contributed by atoms with E-state index in [1.165, 1.54) is 45.4 Å². The predicted molar refractivity (Wildman–Crippen MR) is 67.2 cm³/mol. The Labute approximate surface area is 95.4 Å². The van der Waals surface area contributed by atoms with E-state index in [4.69, 9.17) is 0 Å². The van der Waals surface area contributed by atoms with Gasteiger partial charge in [-0.05, 0) is 38.8 Å². The molecule has 1 unspecified atom stereocenters. The summed E-state index contributed by atoms with van der Waals surface area (Å²) in [4.78, 5) is 2.59. The summed E-state index contributed by atoms with van der Waals surface area (Å²) in [5.41, 5.74) is 0.364. The molecular formula is C13H28N2. The third-order valence-corrected chi connectivity index (χ3v) is 3.35. The van der Waals surface area contributed by atoms with Gasteiger partial charge in [-0.2, -0.15) is 0 Å². The molecule has 1 atom stereocenters. The van der Waals surface area contributed by atoms with Crippen LogP contribution in [0.25, 0.3) is 0 Å². The van der Waals surface area contributed by atoms with E-state index in [9.17, 15) is 0 Å². The maximum atomic E-state index is 3.69. The summed E-state index contributed by atoms with van der Waals surface area (Å²) in [6, 6.07) is 0. The monoisotopic (exact) mass is 212 g/mol. The molecule has 0 radical (unpaired) electrons. The fraction of sp³-hybridized carbons (Fsp3) is 1.00. The Hall–Kier alpha value is -0.0800. The molecule has 2 nitrogen and oxygen atoms in total. The number of rotatable bonds is 5. The summed E-state index contributed by atoms with van der Waals surface area (Å²) in [6.45, 7) is 14.1. The minimum Gasteiger partial charge on any atom is -0.310 e. The Balaban J connectivity index is 2.41. The highest BCUT2D eigenvalue weighted by Gasteiger charge is 2.28. The number of piperidine rings is 1. The van der Waals surface area contributed by atoms with Crippen LogP contribution < -0.4 is 5.32 Å². The zero-order valence-electron chi connectivity index (χ0n) is 11.0. The highest BCUT2D eigenvalue weighted by atomic mass is 15.2. The van der Waals surface area contributed by atoms with Gasteiger partial charge in [-0.15, -0.1) is 0 Å². The van der Waals surface area contributed by atoms with Gasteiger partial charge in [0.1, 0.15) is 0 Å². The molecule has 1 aliphatic rings. The van der Waals surface area contributed by atoms with Crippen LogP contribution in [0.3, 0.4) is 0 Å². The molecule has 0 aromatic carbocycles. The van der Waals surface area contributed by atoms with E-state index in [0.717, 1.165) is 5.92 Å². The van der Waals surface area contributed by atoms with Crippen LogP contribution in [-0.4, -0.2) is 36.6 Å². The van der Waals surface area contributed by atoms with Gasteiger partial charge in [0.15, 0.2) is 0 Å². The second-order valence-corrected chi connectivity index (χ2v) is 5.67. The van der Waals surface area contributed by atoms with E-state index in [1.807, 2.05) is 0 Å². The molecule has 0 bridgehead atoms. The van der Waals surface area contributed by atoms with Crippen LogP contribution in [-0.2, 0) is 0 Å². The average Bonchev–Trinajstić information content (AvgIpc) is 2.16. The first-order valence-corrected chi connectivity index (χ1v) is 6.53. The van der Waals surface area contributed by atoms with Gasteiger partial charge in [-0.1, -0.05) is 27.2 Å². The molecular weight excluding hydrogens is 184 g/mol. The van der Waals surface area contributed by atoms with Gasteiger partial charge in [0.2, 0.25) is 0 Å². The lowest BCUT2D eigenvalue weighted by molar-refractivity contribution is 0.157. The molecule has 0 saturated carbocycles. The van der Waals surface area contributed by atoms with Crippen molar-refractivity contribution in [3.05, 3.63) is 0 Å². The van der Waals surface area contributed by atoms with Gasteiger partial charge in [0.25, 0.3) is 0 Å². The van der Waals surface area contributed by atoms with Gasteiger partial charge in [-0.25, -0.2) is 0 Å². The van der Waals surface area contributed by atoms with Crippen molar-refractivity contribution < 1.29 is 0 Å². The van der Waals surface area contributed by atoms with Gasteiger partial charge >= 0.3 is 0 Å². The lowest BCUT2D eigenvalue weighted by Gasteiger charge is -2.39. The molecule has 0 aliphatic carbocycles. The van der Waals surface area contributed by atoms with E-state index < -0.39 is 0 Å². The number of hydrogen-bond donors (Lipinski definition) is 1. The van der Waals surface area contributed by atoms with Crippen molar-refractivity contribution in [2.24, 2.45) is 5.92 Å². The van der Waals surface area contributed by atoms with Crippen molar-refractivity contribution in [2.45, 2.75) is 52.5 Å². The molecule has 1 fully saturated rings. The van der Waals surface area contributed by atoms with E-state index in [0.29, 0.717) is 5.54 Å². The normalized spacial score (nSPS) is 27.6. The second-order valence-electron chi connectivity index (χ2n) is 5.67. The van der Waals surface area contributed by atoms with Gasteiger partial charge < -0.3 is 10.2 Å². The standard InChI is InChI=1S/C13H28N2/c1-5-15(10-12(2)3)11-13(4)8-6-7-9-14-13/h12,14H,5-11H2,1-4H3. The van der Waals surface area contributed by atoms with Gasteiger partial charge in [-0.3, -0.25) is 0 Å². The summed E-state index contributed by atoms with van der Waals surface area (Å²) in [6.07, 6.45) is 4.08. The molecule has 0 spiro atoms. The summed E-state index contributed by atoms with van der Waals surface area (Å²) in [5, 5.41) is 3.69. The maximum Gasteiger partial charge on any atom is 0.0280 e. The molecule has 1 heterocycles. The molecule has 1 aliphatic heterocycles. The fourth-order valence-electron chi connectivity index (χ4n) is 2.57. The molecule has 2 heteroatoms. The minimum absolute atomic E-state index is 0.364. The van der Waals surface area contributed by atoms with Gasteiger partial charge in [0, 0.05) is 18.6 Å². The van der Waals surface area contributed by atoms with Crippen LogP contribution >= 0.6 is 0 Å². The van der Waals surface area contributed by atoms with Crippen LogP contribution in [0.15, 0.2) is 0 Å². The van der Waals surface area contributed by atoms with E-state index in [1.54, 1.807) is 0 Å². The van der Waals surface area contributed by atoms with E-state index in [2.05, 4.69) is 37.9 Å². The zero-order valence-corrected chi connectivity index (χ0v) is 11.0. The topological polar surface area (TPSA) is 15.3 Å². The largest absolute Gasteiger partial charge is 0.310 e. The highest BCUT2D eigenvalue weighted by molar-refractivity contribution is 4.89. The van der Waals surface area contributed by atoms with Gasteiger partial charge in [0.05, 0.1) is 0 Å². The zero-order chi connectivity index (χ0) is 11.3. The summed E-state index contributed by atoms with van der Waals surface area (Å²) in [5.74, 6) is 0.775. The van der Waals surface area contributed by atoms with Crippen molar-refractivity contribution in [1.29, 1.82) is 0 Å². The summed E-state index contributed by atoms with van der Waals surface area (Å²) < 4.78 is 0. The number of likely N-dealkylation sites (N-methyl/N-ethyl adjacent to an activating group) is 1. The molecule has 0 aromatic rings. The molecule has 1 saturated heterocycles. The first-order valence-electron chi connectivity index (χ1n) is 6.53. The first-order chi connectivity index (χ1) is 7.06. The van der Waals surface area contributed by atoms with Crippen molar-refractivity contribution in [2.75, 3.05) is 26.2 Å². The third-order valence-electron chi connectivity index (χ3n) is 3.35. The quantitative estimate of drug-likeness (QED) is 0.753. The lowest BCUT2D eigenvalue weighted by Crippen LogP contribution is -2.54. The van der Waals surface area contributed by atoms with Crippen molar-refractivity contribution >= 4 is 0 Å². The Morgan fingerprint density at radius 2 is 2.07 bits per heavy atom. The highest BCUT2D eigenvalue weighted by Crippen LogP contribution is 2.20. The average molecular weight is 212 g/mol. The van der Waals surface area contributed by atoms with Crippen molar-refractivity contribution in [3.63, 3.8) is 0 Å². The van der Waals surface area contributed by atoms with Crippen LogP contribution in [0, 0.1) is 5.92 Å². The summed E-state index contributed by atoms with van der Waals surface area (Å²) >= 11 is 0. The number of nitrogens with zero attached hydrogens (tertiary/aromatic N) is 1. The smallest absolute Gasteiger partial charge is 0.0280 e. The number of hydrogen-bond acceptors (Lipinski definition) is 2. The molecule has 0 aromatic heterocycles. The molecule has 1 N–H and O–H groups in total. The summed E-state index contributed by atoms with van der Waals surface area (Å²) in [7, 11) is 0. The maximum absolute atomic E-state index is 3.69. The van der Waals surface area contributed by atoms with Crippen molar-refractivity contribution in [1.82, 2.24) is 10.2 Å². The second kappa shape index (κ2) is 5.86. The Morgan fingerprint density at radius 3 is 2.53 bits per heavy atom. The Kier molecular flexibility index (Phi) is 5.07. The predicted octanol–water partition coefficient (Wildman–Crippen LogP) is 2.50. The molecule has 90 valence electrons. The van der Waals surface area contributed by atoms with Crippen molar-refractivity contribution in [3.8, 4) is 0 Å². The van der Waals surface area contributed by atoms with Crippen LogP contribution in [0.1, 0.15) is 47.0 Å². The minimum atomic E-state index is 0.364. The lowest BCUT2D eigenvalue weighted by atomic mass is 9.90. The SMILES string of the molecule is CCN(CC(C)C)CC1(C)CCCCN1. The van der Waals surface area contributed by atoms with Crippen LogP contribution in [0.2, 0.25) is 0 Å². The third kappa shape index (κ3) is 4.52. The number of nitrogens with one attached hydrogen (secondary N) is 1. The Bertz CT molecular complexity index is 171. The van der Waals surface area contributed by atoms with Crippen LogP contribution in [0.4, 0.5) is 0 Å². The molecule has 0 amide bonds. The fourth-order valence-corrected chi connectivity index (χ4v) is 2.57. The van der Waals surface area contributed by atoms with Crippen LogP contribution in [0.5, 0.6) is 0 Å². The first kappa shape index (κ1) is 13.0. The Morgan fingerprint density at radius 1 is 1.33 bits per heavy atom. The molecule has 1 rings (SSSR count). The van der Waals surface area contributed by atoms with E-state index >= 15 is 0 Å². The molecule has 15 heavy (non-hydrogen) atoms. The van der Waals surface area contributed by atoms with E-state index in [-0.39, 0.29) is 0 Å².